The summed E-state index contributed by atoms with van der Waals surface area (Å²) in [7, 11) is 0. The molecule has 1 aromatic carbocycles. The molecule has 19 heavy (non-hydrogen) atoms. The number of carboxylic acid groups (broad SMARTS) is 1. The number of aromatic hydroxyl groups is 1. The zero-order valence-corrected chi connectivity index (χ0v) is 11.6. The molecule has 0 spiro atoms. The van der Waals surface area contributed by atoms with E-state index < -0.39 is 17.3 Å². The molecule has 0 unspecified atom stereocenters. The first-order chi connectivity index (χ1) is 8.71. The Balaban J connectivity index is 3.25. The van der Waals surface area contributed by atoms with E-state index in [1.165, 1.54) is 30.9 Å². The van der Waals surface area contributed by atoms with Crippen molar-refractivity contribution in [3.63, 3.8) is 0 Å². The van der Waals surface area contributed by atoms with Crippen LogP contribution < -0.4 is 4.90 Å². The fraction of sp³-hybridized carbons (Fsp3) is 0.429. The molecule has 5 nitrogen and oxygen atoms in total. The molecule has 0 radical (unpaired) electrons. The predicted octanol–water partition coefficient (Wildman–Crippen LogP) is 2.16. The Labute approximate surface area is 112 Å². The molecular weight excluding hydrogens is 246 g/mol. The van der Waals surface area contributed by atoms with E-state index in [0.717, 1.165) is 5.56 Å². The fourth-order valence-electron chi connectivity index (χ4n) is 1.74. The Morgan fingerprint density at radius 3 is 2.37 bits per heavy atom. The van der Waals surface area contributed by atoms with Gasteiger partial charge in [0, 0.05) is 12.6 Å². The number of carbonyl (C=O) groups excluding carboxylic acids is 1. The van der Waals surface area contributed by atoms with Gasteiger partial charge < -0.3 is 15.1 Å². The van der Waals surface area contributed by atoms with E-state index in [0.29, 0.717) is 12.2 Å². The molecule has 1 aromatic rings. The van der Waals surface area contributed by atoms with Crippen molar-refractivity contribution in [1.29, 1.82) is 0 Å². The van der Waals surface area contributed by atoms with Crippen LogP contribution in [0.25, 0.3) is 0 Å². The second kappa shape index (κ2) is 5.30. The lowest BCUT2D eigenvalue weighted by atomic mass is 9.91. The summed E-state index contributed by atoms with van der Waals surface area (Å²) in [4.78, 5) is 24.9. The quantitative estimate of drug-likeness (QED) is 0.818. The van der Waals surface area contributed by atoms with Gasteiger partial charge in [0.05, 0.1) is 5.69 Å². The summed E-state index contributed by atoms with van der Waals surface area (Å²) in [6, 6.07) is 4.68. The number of aryl methyl sites for hydroxylation is 1. The van der Waals surface area contributed by atoms with Crippen LogP contribution in [-0.4, -0.2) is 28.6 Å². The van der Waals surface area contributed by atoms with Crippen molar-refractivity contribution in [1.82, 2.24) is 0 Å². The van der Waals surface area contributed by atoms with Crippen molar-refractivity contribution >= 4 is 17.6 Å². The smallest absolute Gasteiger partial charge is 0.318 e. The summed E-state index contributed by atoms with van der Waals surface area (Å²) in [5.74, 6) is -1.63. The molecule has 0 aromatic heterocycles. The number of carbonyl (C=O) groups is 2. The van der Waals surface area contributed by atoms with Gasteiger partial charge in [0.25, 0.3) is 0 Å². The predicted molar refractivity (Wildman–Crippen MR) is 72.3 cm³/mol. The van der Waals surface area contributed by atoms with Crippen molar-refractivity contribution in [3.8, 4) is 5.75 Å². The Morgan fingerprint density at radius 1 is 1.32 bits per heavy atom. The monoisotopic (exact) mass is 265 g/mol. The van der Waals surface area contributed by atoms with Crippen LogP contribution in [0.5, 0.6) is 5.75 Å². The van der Waals surface area contributed by atoms with Gasteiger partial charge in [-0.2, -0.15) is 0 Å². The van der Waals surface area contributed by atoms with E-state index >= 15 is 0 Å². The Bertz CT molecular complexity index is 508. The molecule has 0 saturated heterocycles. The van der Waals surface area contributed by atoms with Crippen LogP contribution >= 0.6 is 0 Å². The number of carboxylic acids is 1. The number of benzene rings is 1. The second-order valence-electron chi connectivity index (χ2n) is 4.95. The Kier molecular flexibility index (Phi) is 4.19. The number of amides is 1. The summed E-state index contributed by atoms with van der Waals surface area (Å²) >= 11 is 0. The molecule has 0 bridgehead atoms. The highest BCUT2D eigenvalue weighted by Crippen LogP contribution is 2.29. The lowest BCUT2D eigenvalue weighted by Gasteiger charge is -2.29. The van der Waals surface area contributed by atoms with Gasteiger partial charge in [0.1, 0.15) is 11.2 Å². The number of anilines is 1. The summed E-state index contributed by atoms with van der Waals surface area (Å²) in [5.41, 5.74) is -0.176. The van der Waals surface area contributed by atoms with Gasteiger partial charge >= 0.3 is 5.97 Å². The van der Waals surface area contributed by atoms with E-state index in [4.69, 9.17) is 5.11 Å². The third-order valence-corrected chi connectivity index (χ3v) is 3.11. The highest BCUT2D eigenvalue weighted by Gasteiger charge is 2.39. The molecule has 0 saturated carbocycles. The highest BCUT2D eigenvalue weighted by atomic mass is 16.4. The third-order valence-electron chi connectivity index (χ3n) is 3.11. The zero-order chi connectivity index (χ0) is 14.8. The molecule has 104 valence electrons. The lowest BCUT2D eigenvalue weighted by Crippen LogP contribution is -2.45. The summed E-state index contributed by atoms with van der Waals surface area (Å²) in [5, 5.41) is 18.7. The van der Waals surface area contributed by atoms with Crippen LogP contribution in [0.3, 0.4) is 0 Å². The number of phenols is 1. The van der Waals surface area contributed by atoms with Gasteiger partial charge in [-0.15, -0.1) is 0 Å². The molecule has 0 heterocycles. The molecule has 0 aliphatic heterocycles. The van der Waals surface area contributed by atoms with Crippen LogP contribution in [0.2, 0.25) is 0 Å². The number of hydrogen-bond acceptors (Lipinski definition) is 3. The second-order valence-corrected chi connectivity index (χ2v) is 4.95. The Hall–Kier alpha value is -2.04. The maximum absolute atomic E-state index is 12.4. The van der Waals surface area contributed by atoms with Gasteiger partial charge in [-0.25, -0.2) is 0 Å². The van der Waals surface area contributed by atoms with Crippen molar-refractivity contribution < 1.29 is 19.8 Å². The molecule has 0 atom stereocenters. The SMILES string of the molecule is CCN(C(=O)C(C)(C)C(=O)O)c1cc(O)ccc1C. The maximum Gasteiger partial charge on any atom is 0.318 e. The maximum atomic E-state index is 12.4. The topological polar surface area (TPSA) is 77.8 Å². The summed E-state index contributed by atoms with van der Waals surface area (Å²) in [6.45, 7) is 6.65. The number of phenolic OH excluding ortho intramolecular Hbond substituents is 1. The van der Waals surface area contributed by atoms with E-state index in [1.54, 1.807) is 19.9 Å². The molecule has 5 heteroatoms. The van der Waals surface area contributed by atoms with Crippen molar-refractivity contribution in [2.24, 2.45) is 5.41 Å². The first kappa shape index (κ1) is 15.0. The van der Waals surface area contributed by atoms with Gasteiger partial charge in [-0.3, -0.25) is 9.59 Å². The largest absolute Gasteiger partial charge is 0.508 e. The van der Waals surface area contributed by atoms with Crippen molar-refractivity contribution in [3.05, 3.63) is 23.8 Å². The minimum absolute atomic E-state index is 0.0416. The van der Waals surface area contributed by atoms with Crippen LogP contribution in [0, 0.1) is 12.3 Å². The van der Waals surface area contributed by atoms with Crippen molar-refractivity contribution in [2.45, 2.75) is 27.7 Å². The molecule has 0 aliphatic carbocycles. The molecule has 1 rings (SSSR count). The van der Waals surface area contributed by atoms with Crippen LogP contribution in [0.15, 0.2) is 18.2 Å². The number of hydrogen-bond donors (Lipinski definition) is 2. The lowest BCUT2D eigenvalue weighted by molar-refractivity contribution is -0.152. The molecule has 2 N–H and O–H groups in total. The van der Waals surface area contributed by atoms with Gasteiger partial charge in [-0.05, 0) is 39.3 Å². The Morgan fingerprint density at radius 2 is 1.89 bits per heavy atom. The minimum atomic E-state index is -1.51. The van der Waals surface area contributed by atoms with E-state index in [9.17, 15) is 14.7 Å². The molecule has 0 fully saturated rings. The third kappa shape index (κ3) is 2.86. The van der Waals surface area contributed by atoms with Gasteiger partial charge in [-0.1, -0.05) is 6.07 Å². The molecule has 0 aliphatic rings. The first-order valence-electron chi connectivity index (χ1n) is 6.06. The number of rotatable bonds is 4. The highest BCUT2D eigenvalue weighted by molar-refractivity contribution is 6.09. The molecular formula is C14H19NO4. The number of nitrogens with zero attached hydrogens (tertiary/aromatic N) is 1. The summed E-state index contributed by atoms with van der Waals surface area (Å²) < 4.78 is 0. The van der Waals surface area contributed by atoms with Crippen LogP contribution in [0.1, 0.15) is 26.3 Å². The van der Waals surface area contributed by atoms with Gasteiger partial charge in [0.2, 0.25) is 5.91 Å². The van der Waals surface area contributed by atoms with E-state index in [2.05, 4.69) is 0 Å². The fourth-order valence-corrected chi connectivity index (χ4v) is 1.74. The van der Waals surface area contributed by atoms with Crippen LogP contribution in [0.4, 0.5) is 5.69 Å². The van der Waals surface area contributed by atoms with Gasteiger partial charge in [0.15, 0.2) is 0 Å². The van der Waals surface area contributed by atoms with Crippen LogP contribution in [-0.2, 0) is 9.59 Å². The zero-order valence-electron chi connectivity index (χ0n) is 11.6. The first-order valence-corrected chi connectivity index (χ1v) is 6.06. The summed E-state index contributed by atoms with van der Waals surface area (Å²) in [6.07, 6.45) is 0. The van der Waals surface area contributed by atoms with E-state index in [1.807, 2.05) is 0 Å². The molecule has 1 amide bonds. The average molecular weight is 265 g/mol. The minimum Gasteiger partial charge on any atom is -0.508 e. The van der Waals surface area contributed by atoms with Crippen molar-refractivity contribution in [2.75, 3.05) is 11.4 Å². The average Bonchev–Trinajstić information content (AvgIpc) is 2.34. The standard InChI is InChI=1S/C14H19NO4/c1-5-15(12(17)14(3,4)13(18)19)11-8-10(16)7-6-9(11)2/h6-8,16H,5H2,1-4H3,(H,18,19). The number of aliphatic carboxylic acids is 1. The van der Waals surface area contributed by atoms with E-state index in [-0.39, 0.29) is 5.75 Å². The normalized spacial score (nSPS) is 11.2.